The summed E-state index contributed by atoms with van der Waals surface area (Å²) >= 11 is 12.2. The Hall–Kier alpha value is -1.16. The zero-order valence-corrected chi connectivity index (χ0v) is 12.2. The van der Waals surface area contributed by atoms with Crippen molar-refractivity contribution in [1.29, 1.82) is 0 Å². The van der Waals surface area contributed by atoms with Crippen molar-refractivity contribution < 1.29 is 14.5 Å². The van der Waals surface area contributed by atoms with Crippen LogP contribution in [-0.2, 0) is 13.1 Å². The third kappa shape index (κ3) is 3.90. The smallest absolute Gasteiger partial charge is 0.157 e. The van der Waals surface area contributed by atoms with E-state index in [1.165, 1.54) is 0 Å². The number of quaternary nitrogens is 1. The summed E-state index contributed by atoms with van der Waals surface area (Å²) in [6, 6.07) is 7.41. The van der Waals surface area contributed by atoms with Crippen molar-refractivity contribution in [1.82, 2.24) is 0 Å². The molecule has 0 spiro atoms. The van der Waals surface area contributed by atoms with Crippen molar-refractivity contribution in [2.75, 3.05) is 6.61 Å². The summed E-state index contributed by atoms with van der Waals surface area (Å²) in [6.07, 6.45) is 1.67. The monoisotopic (exact) mass is 300 g/mol. The fourth-order valence-corrected chi connectivity index (χ4v) is 2.46. The van der Waals surface area contributed by atoms with Gasteiger partial charge in [0.1, 0.15) is 18.8 Å². The Morgan fingerprint density at radius 2 is 2.11 bits per heavy atom. The van der Waals surface area contributed by atoms with Gasteiger partial charge in [0, 0.05) is 5.02 Å². The molecule has 0 saturated heterocycles. The summed E-state index contributed by atoms with van der Waals surface area (Å²) in [4.78, 5) is 0. The Labute approximate surface area is 122 Å². The molecule has 0 saturated carbocycles. The molecule has 1 heterocycles. The summed E-state index contributed by atoms with van der Waals surface area (Å²) < 4.78 is 10.9. The van der Waals surface area contributed by atoms with E-state index in [-0.39, 0.29) is 0 Å². The fourth-order valence-electron chi connectivity index (χ4n) is 1.87. The molecule has 0 amide bonds. The van der Waals surface area contributed by atoms with Gasteiger partial charge in [0.15, 0.2) is 5.76 Å². The zero-order valence-electron chi connectivity index (χ0n) is 10.7. The highest BCUT2D eigenvalue weighted by molar-refractivity contribution is 6.35. The third-order valence-electron chi connectivity index (χ3n) is 2.66. The number of hydrogen-bond donors (Lipinski definition) is 1. The van der Waals surface area contributed by atoms with Crippen molar-refractivity contribution in [3.63, 3.8) is 0 Å². The molecule has 2 rings (SSSR count). The van der Waals surface area contributed by atoms with Crippen LogP contribution in [0.1, 0.15) is 18.2 Å². The Morgan fingerprint density at radius 3 is 2.79 bits per heavy atom. The first-order chi connectivity index (χ1) is 9.20. The van der Waals surface area contributed by atoms with Gasteiger partial charge in [0.2, 0.25) is 0 Å². The molecule has 2 N–H and O–H groups in total. The Morgan fingerprint density at radius 1 is 1.26 bits per heavy atom. The topological polar surface area (TPSA) is 39.0 Å². The molecule has 0 aliphatic rings. The van der Waals surface area contributed by atoms with Crippen LogP contribution in [0.3, 0.4) is 0 Å². The number of rotatable bonds is 6. The van der Waals surface area contributed by atoms with E-state index in [4.69, 9.17) is 32.4 Å². The molecule has 0 bridgehead atoms. The van der Waals surface area contributed by atoms with E-state index >= 15 is 0 Å². The predicted molar refractivity (Wildman–Crippen MR) is 75.7 cm³/mol. The van der Waals surface area contributed by atoms with Crippen molar-refractivity contribution in [3.8, 4) is 5.75 Å². The molecule has 0 atom stereocenters. The van der Waals surface area contributed by atoms with Crippen LogP contribution >= 0.6 is 23.2 Å². The van der Waals surface area contributed by atoms with E-state index in [9.17, 15) is 0 Å². The molecule has 1 aromatic carbocycles. The maximum atomic E-state index is 6.15. The first-order valence-corrected chi connectivity index (χ1v) is 6.91. The second-order valence-electron chi connectivity index (χ2n) is 4.09. The van der Waals surface area contributed by atoms with Crippen molar-refractivity contribution >= 4 is 23.2 Å². The van der Waals surface area contributed by atoms with Crippen molar-refractivity contribution in [3.05, 3.63) is 51.9 Å². The quantitative estimate of drug-likeness (QED) is 0.889. The Bertz CT molecular complexity index is 526. The maximum Gasteiger partial charge on any atom is 0.157 e. The number of benzene rings is 1. The average Bonchev–Trinajstić information content (AvgIpc) is 2.86. The molecule has 19 heavy (non-hydrogen) atoms. The molecule has 0 aliphatic heterocycles. The molecule has 3 nitrogen and oxygen atoms in total. The van der Waals surface area contributed by atoms with E-state index < -0.39 is 0 Å². The molecule has 2 aromatic rings. The summed E-state index contributed by atoms with van der Waals surface area (Å²) in [5, 5.41) is 3.29. The highest BCUT2D eigenvalue weighted by Crippen LogP contribution is 2.31. The summed E-state index contributed by atoms with van der Waals surface area (Å²) in [7, 11) is 0. The minimum absolute atomic E-state index is 0.552. The first kappa shape index (κ1) is 14.3. The lowest BCUT2D eigenvalue weighted by atomic mass is 10.2. The third-order valence-corrected chi connectivity index (χ3v) is 3.16. The highest BCUT2D eigenvalue weighted by atomic mass is 35.5. The summed E-state index contributed by atoms with van der Waals surface area (Å²) in [5.74, 6) is 1.65. The van der Waals surface area contributed by atoms with Gasteiger partial charge in [-0.05, 0) is 31.2 Å². The van der Waals surface area contributed by atoms with Gasteiger partial charge in [-0.3, -0.25) is 0 Å². The molecular weight excluding hydrogens is 285 g/mol. The number of halogens is 2. The molecule has 0 aliphatic carbocycles. The van der Waals surface area contributed by atoms with E-state index in [1.807, 2.05) is 25.1 Å². The molecule has 102 valence electrons. The lowest BCUT2D eigenvalue weighted by Gasteiger charge is -2.11. The molecule has 0 unspecified atom stereocenters. The van der Waals surface area contributed by atoms with Crippen LogP contribution in [0.4, 0.5) is 0 Å². The van der Waals surface area contributed by atoms with Crippen LogP contribution in [0.15, 0.2) is 34.9 Å². The van der Waals surface area contributed by atoms with E-state index in [0.717, 1.165) is 24.4 Å². The van der Waals surface area contributed by atoms with Gasteiger partial charge in [-0.1, -0.05) is 23.2 Å². The average molecular weight is 301 g/mol. The van der Waals surface area contributed by atoms with E-state index in [2.05, 4.69) is 5.32 Å². The van der Waals surface area contributed by atoms with Gasteiger partial charge in [-0.25, -0.2) is 0 Å². The van der Waals surface area contributed by atoms with Crippen molar-refractivity contribution in [2.45, 2.75) is 20.0 Å². The van der Waals surface area contributed by atoms with Crippen LogP contribution in [-0.4, -0.2) is 6.61 Å². The van der Waals surface area contributed by atoms with Crippen LogP contribution in [0, 0.1) is 0 Å². The Kier molecular flexibility index (Phi) is 5.14. The number of nitrogens with two attached hydrogens (primary N) is 1. The fraction of sp³-hybridized carbons (Fsp3) is 0.286. The van der Waals surface area contributed by atoms with Crippen LogP contribution in [0.2, 0.25) is 10.0 Å². The van der Waals surface area contributed by atoms with E-state index in [0.29, 0.717) is 22.4 Å². The standard InChI is InChI=1S/C14H15Cl2NO2/c1-2-18-14-10(6-11(15)7-13(14)16)8-17-9-12-4-3-5-19-12/h3-7,17H,2,8-9H2,1H3/p+1. The number of ether oxygens (including phenoxy) is 1. The Balaban J connectivity index is 2.05. The zero-order chi connectivity index (χ0) is 13.7. The predicted octanol–water partition coefficient (Wildman–Crippen LogP) is 3.25. The van der Waals surface area contributed by atoms with Gasteiger partial charge in [0.25, 0.3) is 0 Å². The van der Waals surface area contributed by atoms with Gasteiger partial charge < -0.3 is 14.5 Å². The van der Waals surface area contributed by atoms with Gasteiger partial charge in [-0.2, -0.15) is 0 Å². The maximum absolute atomic E-state index is 6.15. The van der Waals surface area contributed by atoms with E-state index in [1.54, 1.807) is 12.3 Å². The molecule has 0 fully saturated rings. The van der Waals surface area contributed by atoms with Crippen LogP contribution in [0.5, 0.6) is 5.75 Å². The molecular formula is C14H16Cl2NO2+. The second-order valence-corrected chi connectivity index (χ2v) is 4.93. The second kappa shape index (κ2) is 6.85. The minimum Gasteiger partial charge on any atom is -0.492 e. The lowest BCUT2D eigenvalue weighted by Crippen LogP contribution is -2.80. The highest BCUT2D eigenvalue weighted by Gasteiger charge is 2.12. The molecule has 5 heteroatoms. The molecule has 0 radical (unpaired) electrons. The number of furan rings is 1. The minimum atomic E-state index is 0.552. The lowest BCUT2D eigenvalue weighted by molar-refractivity contribution is -0.688. The van der Waals surface area contributed by atoms with Crippen molar-refractivity contribution in [2.24, 2.45) is 0 Å². The van der Waals surface area contributed by atoms with Gasteiger partial charge >= 0.3 is 0 Å². The van der Waals surface area contributed by atoms with Crippen LogP contribution < -0.4 is 10.1 Å². The SMILES string of the molecule is CCOc1c(Cl)cc(Cl)cc1C[NH2+]Cc1ccco1. The van der Waals surface area contributed by atoms with Gasteiger partial charge in [-0.15, -0.1) is 0 Å². The molecule has 1 aromatic heterocycles. The largest absolute Gasteiger partial charge is 0.492 e. The van der Waals surface area contributed by atoms with Crippen LogP contribution in [0.25, 0.3) is 0 Å². The summed E-state index contributed by atoms with van der Waals surface area (Å²) in [5.41, 5.74) is 0.992. The van der Waals surface area contributed by atoms with Gasteiger partial charge in [0.05, 0.1) is 23.5 Å². The summed E-state index contributed by atoms with van der Waals surface area (Å²) in [6.45, 7) is 4.01. The first-order valence-electron chi connectivity index (χ1n) is 6.15. The normalized spacial score (nSPS) is 10.7. The number of hydrogen-bond acceptors (Lipinski definition) is 2.